The van der Waals surface area contributed by atoms with Crippen molar-refractivity contribution in [1.82, 2.24) is 4.90 Å². The summed E-state index contributed by atoms with van der Waals surface area (Å²) in [6.45, 7) is 7.16. The Morgan fingerprint density at radius 3 is 2.59 bits per heavy atom. The number of piperidine rings is 1. The van der Waals surface area contributed by atoms with Crippen molar-refractivity contribution in [3.8, 4) is 5.75 Å². The molecular formula is C27H32ClNO3. The second kappa shape index (κ2) is 9.68. The number of likely N-dealkylation sites (tertiary alicyclic amines) is 1. The lowest BCUT2D eigenvalue weighted by Crippen LogP contribution is -2.42. The van der Waals surface area contributed by atoms with E-state index < -0.39 is 5.41 Å². The Morgan fingerprint density at radius 1 is 1.09 bits per heavy atom. The van der Waals surface area contributed by atoms with E-state index in [0.717, 1.165) is 55.1 Å². The van der Waals surface area contributed by atoms with Crippen LogP contribution < -0.4 is 4.74 Å². The quantitative estimate of drug-likeness (QED) is 0.553. The summed E-state index contributed by atoms with van der Waals surface area (Å²) in [5.41, 5.74) is 5.94. The highest BCUT2D eigenvalue weighted by Gasteiger charge is 2.32. The summed E-state index contributed by atoms with van der Waals surface area (Å²) in [5.74, 6) is 0.793. The van der Waals surface area contributed by atoms with Crippen LogP contribution in [0, 0.1) is 5.41 Å². The van der Waals surface area contributed by atoms with Gasteiger partial charge in [-0.1, -0.05) is 41.4 Å². The minimum atomic E-state index is -0.513. The van der Waals surface area contributed by atoms with Crippen LogP contribution in [0.1, 0.15) is 49.8 Å². The van der Waals surface area contributed by atoms with Crippen LogP contribution in [-0.2, 0) is 16.0 Å². The number of carbonyl (C=O) groups excluding carboxylic acids is 1. The Bertz CT molecular complexity index is 1020. The van der Waals surface area contributed by atoms with Crippen molar-refractivity contribution in [3.63, 3.8) is 0 Å². The second-order valence-corrected chi connectivity index (χ2v) is 9.82. The van der Waals surface area contributed by atoms with E-state index in [0.29, 0.717) is 13.2 Å². The standard InChI is InChI=1S/C27H32ClNO3/c1-27(2,26(30)31-3)18-29-14-12-19(13-15-29)25-22-11-10-21(28)17-20(22)7-6-16-32-24-9-5-4-8-23(24)25/h4-5,8-11,17H,6-7,12-16,18H2,1-3H3. The van der Waals surface area contributed by atoms with Crippen LogP contribution >= 0.6 is 11.6 Å². The zero-order chi connectivity index (χ0) is 22.7. The van der Waals surface area contributed by atoms with Crippen molar-refractivity contribution >= 4 is 23.1 Å². The predicted molar refractivity (Wildman–Crippen MR) is 129 cm³/mol. The van der Waals surface area contributed by atoms with E-state index in [1.54, 1.807) is 0 Å². The zero-order valence-electron chi connectivity index (χ0n) is 19.2. The molecule has 0 saturated carbocycles. The van der Waals surface area contributed by atoms with Crippen molar-refractivity contribution in [2.75, 3.05) is 33.4 Å². The van der Waals surface area contributed by atoms with E-state index in [-0.39, 0.29) is 5.97 Å². The molecule has 2 aliphatic rings. The third kappa shape index (κ3) is 4.87. The van der Waals surface area contributed by atoms with Gasteiger partial charge in [-0.05, 0) is 74.4 Å². The van der Waals surface area contributed by atoms with Gasteiger partial charge in [0.15, 0.2) is 0 Å². The predicted octanol–water partition coefficient (Wildman–Crippen LogP) is 5.76. The number of para-hydroxylation sites is 1. The number of carbonyl (C=O) groups is 1. The molecule has 0 amide bonds. The molecule has 1 fully saturated rings. The Hall–Kier alpha value is -2.30. The molecule has 2 aromatic rings. The summed E-state index contributed by atoms with van der Waals surface area (Å²) in [5, 5.41) is 0.779. The molecule has 1 saturated heterocycles. The van der Waals surface area contributed by atoms with Crippen molar-refractivity contribution in [3.05, 3.63) is 69.8 Å². The van der Waals surface area contributed by atoms with Gasteiger partial charge in [0.1, 0.15) is 5.75 Å². The smallest absolute Gasteiger partial charge is 0.312 e. The lowest BCUT2D eigenvalue weighted by atomic mass is 9.84. The molecule has 0 aliphatic carbocycles. The molecule has 0 bridgehead atoms. The number of benzene rings is 2. The Labute approximate surface area is 196 Å². The van der Waals surface area contributed by atoms with E-state index in [2.05, 4.69) is 35.2 Å². The lowest BCUT2D eigenvalue weighted by Gasteiger charge is -2.35. The molecule has 4 rings (SSSR count). The number of esters is 1. The topological polar surface area (TPSA) is 38.8 Å². The van der Waals surface area contributed by atoms with Gasteiger partial charge >= 0.3 is 5.97 Å². The first kappa shape index (κ1) is 22.9. The Balaban J connectivity index is 1.70. The number of methoxy groups -OCH3 is 1. The molecule has 2 aromatic carbocycles. The molecular weight excluding hydrogens is 422 g/mol. The Kier molecular flexibility index (Phi) is 6.92. The summed E-state index contributed by atoms with van der Waals surface area (Å²) in [4.78, 5) is 14.5. The minimum Gasteiger partial charge on any atom is -0.493 e. The normalized spacial score (nSPS) is 17.4. The molecule has 0 atom stereocenters. The highest BCUT2D eigenvalue weighted by molar-refractivity contribution is 6.30. The number of aryl methyl sites for hydroxylation is 1. The first-order chi connectivity index (χ1) is 15.4. The van der Waals surface area contributed by atoms with Gasteiger partial charge in [-0.3, -0.25) is 4.79 Å². The van der Waals surface area contributed by atoms with Crippen LogP contribution in [0.3, 0.4) is 0 Å². The summed E-state index contributed by atoms with van der Waals surface area (Å²) < 4.78 is 11.2. The fourth-order valence-corrected chi connectivity index (χ4v) is 5.11. The maximum absolute atomic E-state index is 12.1. The van der Waals surface area contributed by atoms with Crippen LogP contribution in [0.2, 0.25) is 5.02 Å². The molecule has 2 heterocycles. The maximum Gasteiger partial charge on any atom is 0.312 e. The number of hydrogen-bond acceptors (Lipinski definition) is 4. The second-order valence-electron chi connectivity index (χ2n) is 9.38. The van der Waals surface area contributed by atoms with E-state index in [4.69, 9.17) is 21.1 Å². The monoisotopic (exact) mass is 453 g/mol. The van der Waals surface area contributed by atoms with Crippen molar-refractivity contribution < 1.29 is 14.3 Å². The number of rotatable bonds is 3. The highest BCUT2D eigenvalue weighted by Crippen LogP contribution is 2.40. The molecule has 5 heteroatoms. The van der Waals surface area contributed by atoms with Crippen LogP contribution in [0.4, 0.5) is 0 Å². The molecule has 170 valence electrons. The third-order valence-corrected chi connectivity index (χ3v) is 6.75. The summed E-state index contributed by atoms with van der Waals surface area (Å²) >= 11 is 6.37. The Morgan fingerprint density at radius 2 is 1.84 bits per heavy atom. The van der Waals surface area contributed by atoms with Crippen LogP contribution in [0.5, 0.6) is 5.75 Å². The van der Waals surface area contributed by atoms with Crippen LogP contribution in [0.15, 0.2) is 48.0 Å². The van der Waals surface area contributed by atoms with Crippen LogP contribution in [-0.4, -0.2) is 44.2 Å². The van der Waals surface area contributed by atoms with E-state index >= 15 is 0 Å². The van der Waals surface area contributed by atoms with Gasteiger partial charge < -0.3 is 14.4 Å². The molecule has 0 unspecified atom stereocenters. The van der Waals surface area contributed by atoms with Gasteiger partial charge in [-0.2, -0.15) is 0 Å². The van der Waals surface area contributed by atoms with Gasteiger partial charge in [0.05, 0.1) is 19.1 Å². The zero-order valence-corrected chi connectivity index (χ0v) is 20.0. The van der Waals surface area contributed by atoms with Crippen LogP contribution in [0.25, 0.3) is 5.57 Å². The lowest BCUT2D eigenvalue weighted by molar-refractivity contribution is -0.151. The number of nitrogens with zero attached hydrogens (tertiary/aromatic N) is 1. The number of hydrogen-bond donors (Lipinski definition) is 0. The van der Waals surface area contributed by atoms with E-state index in [1.165, 1.54) is 29.4 Å². The first-order valence-electron chi connectivity index (χ1n) is 11.4. The fourth-order valence-electron chi connectivity index (χ4n) is 4.91. The molecule has 0 spiro atoms. The van der Waals surface area contributed by atoms with Gasteiger partial charge in [0.2, 0.25) is 0 Å². The van der Waals surface area contributed by atoms with Gasteiger partial charge in [0.25, 0.3) is 0 Å². The molecule has 0 radical (unpaired) electrons. The molecule has 4 nitrogen and oxygen atoms in total. The maximum atomic E-state index is 12.1. The van der Waals surface area contributed by atoms with Gasteiger partial charge in [-0.25, -0.2) is 0 Å². The SMILES string of the molecule is COC(=O)C(C)(C)CN1CCC(=C2c3ccc(Cl)cc3CCCOc3ccccc32)CC1. The average Bonchev–Trinajstić information content (AvgIpc) is 2.86. The minimum absolute atomic E-state index is 0.158. The van der Waals surface area contributed by atoms with Crippen molar-refractivity contribution in [2.24, 2.45) is 5.41 Å². The van der Waals surface area contributed by atoms with Gasteiger partial charge in [0, 0.05) is 30.2 Å². The summed E-state index contributed by atoms with van der Waals surface area (Å²) in [7, 11) is 1.46. The number of ether oxygens (including phenoxy) is 2. The van der Waals surface area contributed by atoms with Crippen molar-refractivity contribution in [1.29, 1.82) is 0 Å². The average molecular weight is 454 g/mol. The number of fused-ring (bicyclic) bond motifs is 2. The molecule has 0 N–H and O–H groups in total. The van der Waals surface area contributed by atoms with Crippen molar-refractivity contribution in [2.45, 2.75) is 39.5 Å². The molecule has 2 aliphatic heterocycles. The largest absolute Gasteiger partial charge is 0.493 e. The third-order valence-electron chi connectivity index (χ3n) is 6.51. The highest BCUT2D eigenvalue weighted by atomic mass is 35.5. The molecule has 0 aromatic heterocycles. The summed E-state index contributed by atoms with van der Waals surface area (Å²) in [6, 6.07) is 14.7. The molecule has 32 heavy (non-hydrogen) atoms. The van der Waals surface area contributed by atoms with Gasteiger partial charge in [-0.15, -0.1) is 0 Å². The fraction of sp³-hybridized carbons (Fsp3) is 0.444. The summed E-state index contributed by atoms with van der Waals surface area (Å²) in [6.07, 6.45) is 3.83. The van der Waals surface area contributed by atoms with E-state index in [9.17, 15) is 4.79 Å². The number of halogens is 1. The van der Waals surface area contributed by atoms with E-state index in [1.807, 2.05) is 26.0 Å². The first-order valence-corrected chi connectivity index (χ1v) is 11.8.